The van der Waals surface area contributed by atoms with E-state index >= 15 is 0 Å². The van der Waals surface area contributed by atoms with Crippen LogP contribution in [0.5, 0.6) is 5.75 Å². The van der Waals surface area contributed by atoms with Crippen molar-refractivity contribution < 1.29 is 14.3 Å². The van der Waals surface area contributed by atoms with E-state index in [1.165, 1.54) is 23.0 Å². The summed E-state index contributed by atoms with van der Waals surface area (Å²) in [6.45, 7) is 11.0. The normalized spacial score (nSPS) is 21.7. The highest BCUT2D eigenvalue weighted by Gasteiger charge is 2.36. The first-order valence-electron chi connectivity index (χ1n) is 12.1. The molecule has 4 rings (SSSR count). The Hall–Kier alpha value is -2.77. The lowest BCUT2D eigenvalue weighted by molar-refractivity contribution is -0.122. The summed E-state index contributed by atoms with van der Waals surface area (Å²) in [5, 5.41) is 0.661. The van der Waals surface area contributed by atoms with E-state index in [2.05, 4.69) is 50.8 Å². The zero-order valence-electron chi connectivity index (χ0n) is 21.5. The lowest BCUT2D eigenvalue weighted by atomic mass is 9.79. The van der Waals surface area contributed by atoms with Crippen molar-refractivity contribution in [1.29, 1.82) is 0 Å². The molecule has 6 nitrogen and oxygen atoms in total. The number of hydrogen-bond acceptors (Lipinski definition) is 6. The van der Waals surface area contributed by atoms with Gasteiger partial charge in [-0.25, -0.2) is 4.99 Å². The molecule has 0 N–H and O–H groups in total. The number of fused-ring (bicyclic) bond motifs is 1. The number of rotatable bonds is 7. The van der Waals surface area contributed by atoms with Crippen LogP contribution >= 0.6 is 11.8 Å². The summed E-state index contributed by atoms with van der Waals surface area (Å²) in [4.78, 5) is 22.9. The zero-order chi connectivity index (χ0) is 25.2. The fourth-order valence-corrected chi connectivity index (χ4v) is 6.11. The van der Waals surface area contributed by atoms with E-state index in [0.29, 0.717) is 29.1 Å². The highest BCUT2D eigenvalue weighted by Crippen LogP contribution is 2.44. The second-order valence-corrected chi connectivity index (χ2v) is 10.6. The summed E-state index contributed by atoms with van der Waals surface area (Å²) in [6.07, 6.45) is 3.09. The van der Waals surface area contributed by atoms with Gasteiger partial charge in [0.25, 0.3) is 5.91 Å². The summed E-state index contributed by atoms with van der Waals surface area (Å²) in [5.41, 5.74) is 4.59. The Morgan fingerprint density at radius 1 is 1.17 bits per heavy atom. The Bertz CT molecular complexity index is 1140. The average molecular weight is 494 g/mol. The number of methoxy groups -OCH3 is 2. The van der Waals surface area contributed by atoms with E-state index in [1.54, 1.807) is 19.1 Å². The topological polar surface area (TPSA) is 54.4 Å². The van der Waals surface area contributed by atoms with Crippen LogP contribution in [-0.2, 0) is 9.53 Å². The van der Waals surface area contributed by atoms with Gasteiger partial charge in [0, 0.05) is 24.9 Å². The molecule has 0 radical (unpaired) electrons. The van der Waals surface area contributed by atoms with Crippen LogP contribution in [0.3, 0.4) is 0 Å². The molecular formula is C28H35N3O3S. The molecule has 186 valence electrons. The SMILES string of the molecule is CCN1c2ccc(/C=C3/SC(=Nc4ccc(OC)cc4)N(CCOC)C3=O)cc2C(C)CC1(C)C. The van der Waals surface area contributed by atoms with E-state index in [1.807, 2.05) is 30.3 Å². The van der Waals surface area contributed by atoms with Crippen LogP contribution in [0, 0.1) is 0 Å². The molecule has 7 heteroatoms. The molecule has 0 saturated carbocycles. The molecule has 0 aliphatic carbocycles. The van der Waals surface area contributed by atoms with Crippen molar-refractivity contribution in [1.82, 2.24) is 4.90 Å². The van der Waals surface area contributed by atoms with Crippen molar-refractivity contribution >= 4 is 40.3 Å². The highest BCUT2D eigenvalue weighted by atomic mass is 32.2. The number of benzene rings is 2. The third kappa shape index (κ3) is 5.26. The van der Waals surface area contributed by atoms with E-state index in [-0.39, 0.29) is 11.4 Å². The number of amidine groups is 1. The van der Waals surface area contributed by atoms with Gasteiger partial charge < -0.3 is 14.4 Å². The first-order valence-corrected chi connectivity index (χ1v) is 12.9. The van der Waals surface area contributed by atoms with E-state index < -0.39 is 0 Å². The molecule has 1 saturated heterocycles. The Morgan fingerprint density at radius 2 is 1.91 bits per heavy atom. The number of aliphatic imine (C=N–C) groups is 1. The summed E-state index contributed by atoms with van der Waals surface area (Å²) in [7, 11) is 3.28. The second kappa shape index (κ2) is 10.5. The van der Waals surface area contributed by atoms with Crippen molar-refractivity contribution in [2.75, 3.05) is 38.8 Å². The van der Waals surface area contributed by atoms with Gasteiger partial charge in [0.1, 0.15) is 5.75 Å². The molecule has 0 aromatic heterocycles. The molecular weight excluding hydrogens is 458 g/mol. The highest BCUT2D eigenvalue weighted by molar-refractivity contribution is 8.18. The lowest BCUT2D eigenvalue weighted by Crippen LogP contribution is -2.48. The first-order chi connectivity index (χ1) is 16.8. The number of ether oxygens (including phenoxy) is 2. The maximum atomic E-state index is 13.3. The molecule has 2 aromatic rings. The van der Waals surface area contributed by atoms with E-state index in [0.717, 1.165) is 30.0 Å². The smallest absolute Gasteiger partial charge is 0.266 e. The van der Waals surface area contributed by atoms with Crippen molar-refractivity contribution in [2.45, 2.75) is 45.6 Å². The summed E-state index contributed by atoms with van der Waals surface area (Å²) in [6, 6.07) is 14.1. The van der Waals surface area contributed by atoms with Gasteiger partial charge in [0.15, 0.2) is 5.17 Å². The van der Waals surface area contributed by atoms with Gasteiger partial charge in [-0.3, -0.25) is 9.69 Å². The van der Waals surface area contributed by atoms with Crippen LogP contribution < -0.4 is 9.64 Å². The standard InChI is InChI=1S/C28H35N3O3S/c1-7-31-24-13-8-20(16-23(24)19(2)18-28(31,3)4)17-25-26(32)30(14-15-33-5)27(35-25)29-21-9-11-22(34-6)12-10-21/h8-13,16-17,19H,7,14-15,18H2,1-6H3/b25-17+,29-27?. The van der Waals surface area contributed by atoms with Crippen molar-refractivity contribution in [2.24, 2.45) is 4.99 Å². The molecule has 1 amide bonds. The number of nitrogens with zero attached hydrogens (tertiary/aromatic N) is 3. The molecule has 2 aromatic carbocycles. The minimum Gasteiger partial charge on any atom is -0.497 e. The Morgan fingerprint density at radius 3 is 2.57 bits per heavy atom. The van der Waals surface area contributed by atoms with Crippen LogP contribution in [0.1, 0.15) is 51.2 Å². The Labute approximate surface area is 213 Å². The van der Waals surface area contributed by atoms with Gasteiger partial charge in [0.05, 0.1) is 30.9 Å². The van der Waals surface area contributed by atoms with Crippen LogP contribution in [0.15, 0.2) is 52.4 Å². The third-order valence-corrected chi connectivity index (χ3v) is 7.73. The van der Waals surface area contributed by atoms with Crippen molar-refractivity contribution in [3.63, 3.8) is 0 Å². The molecule has 1 fully saturated rings. The van der Waals surface area contributed by atoms with Gasteiger partial charge in [-0.2, -0.15) is 0 Å². The van der Waals surface area contributed by atoms with Gasteiger partial charge >= 0.3 is 0 Å². The fraction of sp³-hybridized carbons (Fsp3) is 0.429. The Balaban J connectivity index is 1.66. The van der Waals surface area contributed by atoms with E-state index in [4.69, 9.17) is 14.5 Å². The molecule has 35 heavy (non-hydrogen) atoms. The minimum atomic E-state index is -0.0404. The predicted molar refractivity (Wildman–Crippen MR) is 146 cm³/mol. The van der Waals surface area contributed by atoms with Gasteiger partial charge in [-0.1, -0.05) is 13.0 Å². The van der Waals surface area contributed by atoms with Gasteiger partial charge in [-0.05, 0) is 98.5 Å². The summed E-state index contributed by atoms with van der Waals surface area (Å²) in [5.74, 6) is 1.19. The van der Waals surface area contributed by atoms with E-state index in [9.17, 15) is 4.79 Å². The molecule has 1 atom stereocenters. The monoisotopic (exact) mass is 493 g/mol. The maximum Gasteiger partial charge on any atom is 0.266 e. The largest absolute Gasteiger partial charge is 0.497 e. The molecule has 0 bridgehead atoms. The van der Waals surface area contributed by atoms with Crippen LogP contribution in [0.2, 0.25) is 0 Å². The summed E-state index contributed by atoms with van der Waals surface area (Å²) >= 11 is 1.41. The fourth-order valence-electron chi connectivity index (χ4n) is 5.09. The predicted octanol–water partition coefficient (Wildman–Crippen LogP) is 6.06. The Kier molecular flexibility index (Phi) is 7.57. The van der Waals surface area contributed by atoms with Gasteiger partial charge in [-0.15, -0.1) is 0 Å². The maximum absolute atomic E-state index is 13.3. The molecule has 2 aliphatic rings. The minimum absolute atomic E-state index is 0.0404. The number of thioether (sulfide) groups is 1. The third-order valence-electron chi connectivity index (χ3n) is 6.73. The molecule has 0 spiro atoms. The quantitative estimate of drug-likeness (QED) is 0.439. The van der Waals surface area contributed by atoms with Gasteiger partial charge in [0.2, 0.25) is 0 Å². The molecule has 2 heterocycles. The average Bonchev–Trinajstić information content (AvgIpc) is 3.11. The number of anilines is 1. The lowest BCUT2D eigenvalue weighted by Gasteiger charge is -2.47. The summed E-state index contributed by atoms with van der Waals surface area (Å²) < 4.78 is 10.5. The molecule has 1 unspecified atom stereocenters. The number of carbonyl (C=O) groups excluding carboxylic acids is 1. The second-order valence-electron chi connectivity index (χ2n) is 9.63. The molecule has 2 aliphatic heterocycles. The zero-order valence-corrected chi connectivity index (χ0v) is 22.3. The van der Waals surface area contributed by atoms with Crippen molar-refractivity contribution in [3.05, 3.63) is 58.5 Å². The van der Waals surface area contributed by atoms with Crippen molar-refractivity contribution in [3.8, 4) is 5.75 Å². The number of hydrogen-bond donors (Lipinski definition) is 0. The number of amides is 1. The first kappa shape index (κ1) is 25.3. The van der Waals surface area contributed by atoms with Crippen LogP contribution in [-0.4, -0.2) is 55.4 Å². The number of carbonyl (C=O) groups is 1. The van der Waals surface area contributed by atoms with Crippen LogP contribution in [0.4, 0.5) is 11.4 Å². The van der Waals surface area contributed by atoms with Crippen LogP contribution in [0.25, 0.3) is 6.08 Å².